The molecule has 0 saturated carbocycles. The summed E-state index contributed by atoms with van der Waals surface area (Å²) in [5.41, 5.74) is 0. The van der Waals surface area contributed by atoms with E-state index in [1.807, 2.05) is 17.8 Å². The van der Waals surface area contributed by atoms with Gasteiger partial charge in [-0.25, -0.2) is 4.98 Å². The molecule has 2 rings (SSSR count). The predicted molar refractivity (Wildman–Crippen MR) is 63.6 cm³/mol. The van der Waals surface area contributed by atoms with Crippen molar-refractivity contribution < 1.29 is 4.74 Å². The Morgan fingerprint density at radius 3 is 2.75 bits per heavy atom. The summed E-state index contributed by atoms with van der Waals surface area (Å²) in [7, 11) is 2.16. The Hall–Kier alpha value is -1.07. The van der Waals surface area contributed by atoms with Gasteiger partial charge in [0, 0.05) is 32.8 Å². The molecule has 1 aliphatic heterocycles. The Labute approximate surface area is 96.6 Å². The summed E-state index contributed by atoms with van der Waals surface area (Å²) < 4.78 is 7.32. The first-order chi connectivity index (χ1) is 7.79. The number of hydrogen-bond donors (Lipinski definition) is 0. The van der Waals surface area contributed by atoms with E-state index in [0.717, 1.165) is 38.6 Å². The van der Waals surface area contributed by atoms with Crippen molar-refractivity contribution in [1.29, 1.82) is 0 Å². The van der Waals surface area contributed by atoms with Crippen molar-refractivity contribution in [3.63, 3.8) is 0 Å². The molecule has 0 aliphatic carbocycles. The van der Waals surface area contributed by atoms with Gasteiger partial charge in [0.05, 0.1) is 12.5 Å². The Balaban J connectivity index is 1.91. The van der Waals surface area contributed by atoms with E-state index in [1.54, 1.807) is 0 Å². The number of nitrogens with zero attached hydrogens (tertiary/aromatic N) is 4. The van der Waals surface area contributed by atoms with Crippen LogP contribution in [0, 0.1) is 0 Å². The van der Waals surface area contributed by atoms with Crippen LogP contribution in [0.15, 0.2) is 12.5 Å². The van der Waals surface area contributed by atoms with Gasteiger partial charge < -0.3 is 19.1 Å². The summed E-state index contributed by atoms with van der Waals surface area (Å²) in [5.74, 6) is 1.06. The van der Waals surface area contributed by atoms with Crippen LogP contribution in [0.1, 0.15) is 6.92 Å². The molecule has 1 aliphatic rings. The van der Waals surface area contributed by atoms with Gasteiger partial charge in [0.15, 0.2) is 0 Å². The van der Waals surface area contributed by atoms with E-state index in [0.29, 0.717) is 6.73 Å². The zero-order chi connectivity index (χ0) is 11.4. The molecule has 1 aromatic rings. The molecule has 0 radical (unpaired) electrons. The lowest BCUT2D eigenvalue weighted by Gasteiger charge is -2.32. The first-order valence-electron chi connectivity index (χ1n) is 5.82. The van der Waals surface area contributed by atoms with E-state index < -0.39 is 0 Å². The van der Waals surface area contributed by atoms with Crippen molar-refractivity contribution in [2.45, 2.75) is 13.7 Å². The zero-order valence-corrected chi connectivity index (χ0v) is 10.1. The van der Waals surface area contributed by atoms with E-state index >= 15 is 0 Å². The lowest BCUT2D eigenvalue weighted by atomic mass is 10.3. The van der Waals surface area contributed by atoms with Crippen molar-refractivity contribution in [2.24, 2.45) is 0 Å². The number of hydrogen-bond acceptors (Lipinski definition) is 4. The molecular weight excluding hydrogens is 204 g/mol. The fourth-order valence-electron chi connectivity index (χ4n) is 1.81. The first-order valence-corrected chi connectivity index (χ1v) is 5.82. The summed E-state index contributed by atoms with van der Waals surface area (Å²) in [6, 6.07) is 0. The van der Waals surface area contributed by atoms with Gasteiger partial charge in [-0.3, -0.25) is 0 Å². The van der Waals surface area contributed by atoms with Crippen LogP contribution in [0.5, 0.6) is 0 Å². The number of anilines is 1. The fraction of sp³-hybridized carbons (Fsp3) is 0.727. The largest absolute Gasteiger partial charge is 0.361 e. The van der Waals surface area contributed by atoms with Crippen molar-refractivity contribution in [1.82, 2.24) is 14.5 Å². The van der Waals surface area contributed by atoms with Crippen LogP contribution < -0.4 is 4.90 Å². The average Bonchev–Trinajstić information content (AvgIpc) is 2.76. The van der Waals surface area contributed by atoms with Gasteiger partial charge in [0.25, 0.3) is 0 Å². The SMILES string of the molecule is CCOCn1cnc(N2CCN(C)CC2)c1. The Bertz CT molecular complexity index is 318. The van der Waals surface area contributed by atoms with Crippen LogP contribution in [0.4, 0.5) is 5.82 Å². The molecule has 2 heterocycles. The molecule has 0 atom stereocenters. The fourth-order valence-corrected chi connectivity index (χ4v) is 1.81. The van der Waals surface area contributed by atoms with Crippen molar-refractivity contribution in [3.05, 3.63) is 12.5 Å². The highest BCUT2D eigenvalue weighted by atomic mass is 16.5. The highest BCUT2D eigenvalue weighted by Gasteiger charge is 2.15. The molecule has 5 nitrogen and oxygen atoms in total. The van der Waals surface area contributed by atoms with Gasteiger partial charge in [-0.15, -0.1) is 0 Å². The monoisotopic (exact) mass is 224 g/mol. The minimum Gasteiger partial charge on any atom is -0.361 e. The summed E-state index contributed by atoms with van der Waals surface area (Å²) in [5, 5.41) is 0. The maximum Gasteiger partial charge on any atom is 0.146 e. The third-order valence-electron chi connectivity index (χ3n) is 2.89. The predicted octanol–water partition coefficient (Wildman–Crippen LogP) is 0.629. The average molecular weight is 224 g/mol. The summed E-state index contributed by atoms with van der Waals surface area (Å²) in [6.45, 7) is 7.67. The van der Waals surface area contributed by atoms with Gasteiger partial charge in [0.2, 0.25) is 0 Å². The van der Waals surface area contributed by atoms with Crippen LogP contribution in [0.2, 0.25) is 0 Å². The Morgan fingerprint density at radius 2 is 2.06 bits per heavy atom. The van der Waals surface area contributed by atoms with Crippen LogP contribution in [-0.2, 0) is 11.5 Å². The standard InChI is InChI=1S/C11H20N4O/c1-3-16-10-14-8-11(12-9-14)15-6-4-13(2)5-7-15/h8-9H,3-7,10H2,1-2H3. The molecule has 0 N–H and O–H groups in total. The van der Waals surface area contributed by atoms with E-state index in [9.17, 15) is 0 Å². The zero-order valence-electron chi connectivity index (χ0n) is 10.1. The van der Waals surface area contributed by atoms with Gasteiger partial charge in [-0.1, -0.05) is 0 Å². The molecule has 0 amide bonds. The molecule has 1 fully saturated rings. The molecule has 0 aromatic carbocycles. The lowest BCUT2D eigenvalue weighted by Crippen LogP contribution is -2.44. The quantitative estimate of drug-likeness (QED) is 0.751. The van der Waals surface area contributed by atoms with E-state index in [4.69, 9.17) is 4.74 Å². The molecule has 5 heteroatoms. The molecule has 0 bridgehead atoms. The number of rotatable bonds is 4. The van der Waals surface area contributed by atoms with Crippen LogP contribution >= 0.6 is 0 Å². The maximum absolute atomic E-state index is 5.33. The van der Waals surface area contributed by atoms with E-state index in [-0.39, 0.29) is 0 Å². The van der Waals surface area contributed by atoms with Crippen molar-refractivity contribution in [3.8, 4) is 0 Å². The third kappa shape index (κ3) is 2.74. The number of likely N-dealkylation sites (N-methyl/N-ethyl adjacent to an activating group) is 1. The highest BCUT2D eigenvalue weighted by Crippen LogP contribution is 2.12. The first kappa shape index (κ1) is 11.4. The normalized spacial score (nSPS) is 18.0. The number of aromatic nitrogens is 2. The molecule has 1 saturated heterocycles. The Morgan fingerprint density at radius 1 is 1.31 bits per heavy atom. The number of imidazole rings is 1. The van der Waals surface area contributed by atoms with Gasteiger partial charge in [0.1, 0.15) is 12.5 Å². The summed E-state index contributed by atoms with van der Waals surface area (Å²) >= 11 is 0. The molecule has 90 valence electrons. The van der Waals surface area contributed by atoms with E-state index in [2.05, 4.69) is 28.0 Å². The minimum absolute atomic E-state index is 0.594. The molecular formula is C11H20N4O. The molecule has 0 spiro atoms. The number of ether oxygens (including phenoxy) is 1. The highest BCUT2D eigenvalue weighted by molar-refractivity contribution is 5.36. The van der Waals surface area contributed by atoms with Gasteiger partial charge >= 0.3 is 0 Å². The van der Waals surface area contributed by atoms with Gasteiger partial charge in [-0.2, -0.15) is 0 Å². The van der Waals surface area contributed by atoms with Gasteiger partial charge in [-0.05, 0) is 14.0 Å². The van der Waals surface area contributed by atoms with Crippen molar-refractivity contribution in [2.75, 3.05) is 44.7 Å². The second-order valence-corrected chi connectivity index (χ2v) is 4.16. The second-order valence-electron chi connectivity index (χ2n) is 4.16. The van der Waals surface area contributed by atoms with E-state index in [1.165, 1.54) is 0 Å². The summed E-state index contributed by atoms with van der Waals surface area (Å²) in [6.07, 6.45) is 3.89. The molecule has 0 unspecified atom stereocenters. The topological polar surface area (TPSA) is 33.5 Å². The smallest absolute Gasteiger partial charge is 0.146 e. The third-order valence-corrected chi connectivity index (χ3v) is 2.89. The molecule has 1 aromatic heterocycles. The Kier molecular flexibility index (Phi) is 3.79. The maximum atomic E-state index is 5.33. The van der Waals surface area contributed by atoms with Crippen molar-refractivity contribution >= 4 is 5.82 Å². The lowest BCUT2D eigenvalue weighted by molar-refractivity contribution is 0.0878. The van der Waals surface area contributed by atoms with Crippen LogP contribution in [-0.4, -0.2) is 54.3 Å². The minimum atomic E-state index is 0.594. The van der Waals surface area contributed by atoms with Crippen LogP contribution in [0.3, 0.4) is 0 Å². The number of piperazine rings is 1. The second kappa shape index (κ2) is 5.32. The summed E-state index contributed by atoms with van der Waals surface area (Å²) in [4.78, 5) is 9.07. The van der Waals surface area contributed by atoms with Crippen LogP contribution in [0.25, 0.3) is 0 Å². The molecule has 16 heavy (non-hydrogen) atoms.